The largest absolute Gasteiger partial charge is 0.444 e. The van der Waals surface area contributed by atoms with Crippen LogP contribution in [-0.2, 0) is 17.9 Å². The van der Waals surface area contributed by atoms with Gasteiger partial charge in [-0.3, -0.25) is 14.8 Å². The maximum atomic E-state index is 13.9. The Hall–Kier alpha value is -4.17. The van der Waals surface area contributed by atoms with Crippen molar-refractivity contribution in [1.29, 1.82) is 0 Å². The summed E-state index contributed by atoms with van der Waals surface area (Å²) in [6.07, 6.45) is 1.44. The van der Waals surface area contributed by atoms with Crippen molar-refractivity contribution in [2.75, 3.05) is 31.5 Å². The first-order chi connectivity index (χ1) is 18.6. The summed E-state index contributed by atoms with van der Waals surface area (Å²) >= 11 is 0. The number of hydrogen-bond acceptors (Lipinski definition) is 5. The Labute approximate surface area is 221 Å². The lowest BCUT2D eigenvalue weighted by Gasteiger charge is -2.31. The van der Waals surface area contributed by atoms with E-state index in [1.807, 2.05) is 76.3 Å². The van der Waals surface area contributed by atoms with Gasteiger partial charge in [0.2, 0.25) is 0 Å². The normalized spacial score (nSPS) is 18.8. The van der Waals surface area contributed by atoms with Gasteiger partial charge in [-0.05, 0) is 42.2 Å². The molecule has 2 amide bonds. The number of hydrogen-bond donors (Lipinski definition) is 1. The fourth-order valence-electron chi connectivity index (χ4n) is 5.46. The quantitative estimate of drug-likeness (QED) is 0.406. The van der Waals surface area contributed by atoms with Gasteiger partial charge in [-0.15, -0.1) is 0 Å². The molecule has 8 heteroatoms. The van der Waals surface area contributed by atoms with E-state index in [2.05, 4.69) is 22.3 Å². The van der Waals surface area contributed by atoms with E-state index >= 15 is 0 Å². The third kappa shape index (κ3) is 5.13. The third-order valence-corrected chi connectivity index (χ3v) is 7.50. The summed E-state index contributed by atoms with van der Waals surface area (Å²) in [6, 6.07) is 25.4. The molecule has 0 radical (unpaired) electrons. The van der Waals surface area contributed by atoms with Gasteiger partial charge in [-0.25, -0.2) is 4.79 Å². The molecule has 8 nitrogen and oxygen atoms in total. The zero-order valence-electron chi connectivity index (χ0n) is 21.3. The Morgan fingerprint density at radius 1 is 0.868 bits per heavy atom. The molecule has 2 bridgehead atoms. The topological polar surface area (TPSA) is 79.7 Å². The number of fused-ring (bicyclic) bond motifs is 5. The summed E-state index contributed by atoms with van der Waals surface area (Å²) in [4.78, 5) is 30.9. The lowest BCUT2D eigenvalue weighted by atomic mass is 10.0. The molecule has 3 fully saturated rings. The van der Waals surface area contributed by atoms with Gasteiger partial charge < -0.3 is 14.5 Å². The van der Waals surface area contributed by atoms with Crippen LogP contribution < -0.4 is 5.32 Å². The van der Waals surface area contributed by atoms with Crippen molar-refractivity contribution in [1.82, 2.24) is 19.6 Å². The van der Waals surface area contributed by atoms with Gasteiger partial charge in [-0.2, -0.15) is 5.10 Å². The Morgan fingerprint density at radius 3 is 2.32 bits per heavy atom. The highest BCUT2D eigenvalue weighted by atomic mass is 16.5. The number of benzene rings is 3. The number of piperidine rings is 1. The van der Waals surface area contributed by atoms with Gasteiger partial charge in [-0.1, -0.05) is 60.7 Å². The van der Waals surface area contributed by atoms with E-state index < -0.39 is 6.09 Å². The van der Waals surface area contributed by atoms with Crippen LogP contribution in [0, 0.1) is 0 Å². The van der Waals surface area contributed by atoms with Crippen LogP contribution in [0.1, 0.15) is 34.5 Å². The second kappa shape index (κ2) is 10.7. The molecule has 0 atom stereocenters. The van der Waals surface area contributed by atoms with Crippen molar-refractivity contribution < 1.29 is 14.3 Å². The van der Waals surface area contributed by atoms with E-state index in [1.54, 1.807) is 0 Å². The Morgan fingerprint density at radius 2 is 1.58 bits per heavy atom. The van der Waals surface area contributed by atoms with Crippen LogP contribution in [0.15, 0.2) is 78.9 Å². The Bertz CT molecular complexity index is 1430. The summed E-state index contributed by atoms with van der Waals surface area (Å²) in [5, 5.41) is 8.38. The molecule has 3 saturated heterocycles. The van der Waals surface area contributed by atoms with E-state index in [-0.39, 0.29) is 18.6 Å². The zero-order chi connectivity index (χ0) is 25.9. The first-order valence-corrected chi connectivity index (χ1v) is 13.2. The molecule has 0 aliphatic carbocycles. The standard InChI is InChI=1S/C30H31N5O3/c36-29(34-18-17-33-15-13-25(34)14-16-33)28-26-19-24(31-30(37)38-21-23-9-5-2-6-10-23)11-12-27(26)35(32-28)20-22-7-3-1-4-8-22/h1-12,19,25H,13-18,20-21H2,(H,31,37). The molecule has 194 valence electrons. The molecule has 0 saturated carbocycles. The molecule has 1 N–H and O–H groups in total. The minimum absolute atomic E-state index is 0.0423. The van der Waals surface area contributed by atoms with Gasteiger partial charge in [0.15, 0.2) is 5.69 Å². The fraction of sp³-hybridized carbons (Fsp3) is 0.300. The molecule has 4 aromatic rings. The van der Waals surface area contributed by atoms with E-state index in [0.717, 1.165) is 54.5 Å². The van der Waals surface area contributed by atoms with Crippen molar-refractivity contribution in [3.05, 3.63) is 95.7 Å². The van der Waals surface area contributed by atoms with Crippen LogP contribution >= 0.6 is 0 Å². The number of rotatable bonds is 6. The lowest BCUT2D eigenvalue weighted by Crippen LogP contribution is -2.41. The van der Waals surface area contributed by atoms with Gasteiger partial charge in [0, 0.05) is 43.3 Å². The Kier molecular flexibility index (Phi) is 6.79. The summed E-state index contributed by atoms with van der Waals surface area (Å²) in [5.74, 6) is -0.0423. The molecule has 3 aliphatic heterocycles. The Balaban J connectivity index is 1.29. The lowest BCUT2D eigenvalue weighted by molar-refractivity contribution is 0.0680. The highest BCUT2D eigenvalue weighted by molar-refractivity contribution is 6.06. The number of carbonyl (C=O) groups excluding carboxylic acids is 2. The predicted octanol–water partition coefficient (Wildman–Crippen LogP) is 4.75. The molecule has 4 heterocycles. The number of nitrogens with zero attached hydrogens (tertiary/aromatic N) is 4. The molecule has 3 aliphatic rings. The summed E-state index contributed by atoms with van der Waals surface area (Å²) in [7, 11) is 0. The van der Waals surface area contributed by atoms with Crippen molar-refractivity contribution >= 4 is 28.6 Å². The van der Waals surface area contributed by atoms with Crippen LogP contribution in [0.3, 0.4) is 0 Å². The number of carbonyl (C=O) groups is 2. The van der Waals surface area contributed by atoms with E-state index in [9.17, 15) is 9.59 Å². The van der Waals surface area contributed by atoms with Crippen LogP contribution in [-0.4, -0.2) is 63.8 Å². The maximum absolute atomic E-state index is 13.9. The van der Waals surface area contributed by atoms with E-state index in [4.69, 9.17) is 9.84 Å². The third-order valence-electron chi connectivity index (χ3n) is 7.50. The van der Waals surface area contributed by atoms with E-state index in [1.165, 1.54) is 0 Å². The molecule has 7 rings (SSSR count). The number of ether oxygens (including phenoxy) is 1. The molecule has 1 aromatic heterocycles. The monoisotopic (exact) mass is 509 g/mol. The van der Waals surface area contributed by atoms with Gasteiger partial charge in [0.1, 0.15) is 6.61 Å². The van der Waals surface area contributed by atoms with Gasteiger partial charge in [0.05, 0.1) is 12.1 Å². The summed E-state index contributed by atoms with van der Waals surface area (Å²) in [5.41, 5.74) is 3.85. The highest BCUT2D eigenvalue weighted by Gasteiger charge is 2.34. The van der Waals surface area contributed by atoms with Crippen LogP contribution in [0.5, 0.6) is 0 Å². The fourth-order valence-corrected chi connectivity index (χ4v) is 5.46. The van der Waals surface area contributed by atoms with Crippen LogP contribution in [0.25, 0.3) is 10.9 Å². The van der Waals surface area contributed by atoms with Crippen molar-refractivity contribution in [3.63, 3.8) is 0 Å². The van der Waals surface area contributed by atoms with Crippen molar-refractivity contribution in [2.45, 2.75) is 32.0 Å². The smallest absolute Gasteiger partial charge is 0.411 e. The average molecular weight is 510 g/mol. The number of aromatic nitrogens is 2. The van der Waals surface area contributed by atoms with Crippen molar-refractivity contribution in [2.24, 2.45) is 0 Å². The number of amides is 2. The molecule has 38 heavy (non-hydrogen) atoms. The highest BCUT2D eigenvalue weighted by Crippen LogP contribution is 2.28. The van der Waals surface area contributed by atoms with Crippen molar-refractivity contribution in [3.8, 4) is 0 Å². The van der Waals surface area contributed by atoms with Crippen LogP contribution in [0.4, 0.5) is 10.5 Å². The molecule has 0 spiro atoms. The number of anilines is 1. The maximum Gasteiger partial charge on any atom is 0.411 e. The summed E-state index contributed by atoms with van der Waals surface area (Å²) < 4.78 is 7.28. The predicted molar refractivity (Wildman–Crippen MR) is 146 cm³/mol. The molecular weight excluding hydrogens is 478 g/mol. The van der Waals surface area contributed by atoms with Crippen LogP contribution in [0.2, 0.25) is 0 Å². The first-order valence-electron chi connectivity index (χ1n) is 13.2. The zero-order valence-corrected chi connectivity index (χ0v) is 21.3. The second-order valence-electron chi connectivity index (χ2n) is 9.98. The minimum Gasteiger partial charge on any atom is -0.444 e. The minimum atomic E-state index is -0.545. The second-order valence-corrected chi connectivity index (χ2v) is 9.98. The van der Waals surface area contributed by atoms with Gasteiger partial charge >= 0.3 is 6.09 Å². The number of nitrogens with one attached hydrogen (secondary N) is 1. The van der Waals surface area contributed by atoms with E-state index in [0.29, 0.717) is 24.5 Å². The molecule has 3 aromatic carbocycles. The van der Waals surface area contributed by atoms with Gasteiger partial charge in [0.25, 0.3) is 5.91 Å². The molecule has 0 unspecified atom stereocenters. The summed E-state index contributed by atoms with van der Waals surface area (Å²) in [6.45, 7) is 4.41. The first kappa shape index (κ1) is 24.2. The SMILES string of the molecule is O=C(Nc1ccc2c(c1)c(C(=O)N1CCN3CCC1CC3)nn2Cc1ccccc1)OCc1ccccc1. The molecular formula is C30H31N5O3. The average Bonchev–Trinajstić information content (AvgIpc) is 3.08.